The minimum atomic E-state index is 0.577. The smallest absolute Gasteiger partial charge is 0.119 e. The molecule has 0 bridgehead atoms. The fourth-order valence-electron chi connectivity index (χ4n) is 2.16. The van der Waals surface area contributed by atoms with Gasteiger partial charge in [0.15, 0.2) is 0 Å². The molecular formula is C14H22N2O. The summed E-state index contributed by atoms with van der Waals surface area (Å²) >= 11 is 0. The Bertz CT molecular complexity index is 386. The number of anilines is 1. The molecule has 94 valence electrons. The maximum atomic E-state index is 5.95. The lowest BCUT2D eigenvalue weighted by Crippen LogP contribution is -2.23. The first-order valence-electron chi connectivity index (χ1n) is 6.32. The maximum absolute atomic E-state index is 5.95. The van der Waals surface area contributed by atoms with E-state index in [9.17, 15) is 0 Å². The summed E-state index contributed by atoms with van der Waals surface area (Å²) in [5, 5.41) is 3.51. The molecule has 0 radical (unpaired) electrons. The van der Waals surface area contributed by atoms with Gasteiger partial charge in [-0.05, 0) is 48.4 Å². The lowest BCUT2D eigenvalue weighted by atomic mass is 10.0. The Balaban J connectivity index is 1.89. The SMILES string of the molecule is CCC1(CNCc2cc(OC)ccc2N)CC1. The minimum absolute atomic E-state index is 0.577. The Morgan fingerprint density at radius 3 is 2.76 bits per heavy atom. The second-order valence-corrected chi connectivity index (χ2v) is 5.02. The molecule has 3 nitrogen and oxygen atoms in total. The van der Waals surface area contributed by atoms with Gasteiger partial charge in [-0.1, -0.05) is 6.92 Å². The summed E-state index contributed by atoms with van der Waals surface area (Å²) in [5.41, 5.74) is 8.48. The van der Waals surface area contributed by atoms with Gasteiger partial charge < -0.3 is 15.8 Å². The minimum Gasteiger partial charge on any atom is -0.497 e. The highest BCUT2D eigenvalue weighted by molar-refractivity contribution is 5.50. The predicted octanol–water partition coefficient (Wildman–Crippen LogP) is 2.56. The average molecular weight is 234 g/mol. The van der Waals surface area contributed by atoms with E-state index in [0.29, 0.717) is 5.41 Å². The van der Waals surface area contributed by atoms with Crippen LogP contribution < -0.4 is 15.8 Å². The Kier molecular flexibility index (Phi) is 3.57. The van der Waals surface area contributed by atoms with E-state index < -0.39 is 0 Å². The molecule has 17 heavy (non-hydrogen) atoms. The van der Waals surface area contributed by atoms with Crippen LogP contribution in [0.1, 0.15) is 31.7 Å². The number of ether oxygens (including phenoxy) is 1. The molecular weight excluding hydrogens is 212 g/mol. The molecule has 1 saturated carbocycles. The molecule has 1 fully saturated rings. The van der Waals surface area contributed by atoms with Crippen molar-refractivity contribution in [2.45, 2.75) is 32.7 Å². The van der Waals surface area contributed by atoms with Crippen molar-refractivity contribution < 1.29 is 4.74 Å². The number of nitrogen functional groups attached to an aromatic ring is 1. The van der Waals surface area contributed by atoms with Gasteiger partial charge in [0.1, 0.15) is 5.75 Å². The lowest BCUT2D eigenvalue weighted by Gasteiger charge is -2.14. The van der Waals surface area contributed by atoms with Gasteiger partial charge in [0.2, 0.25) is 0 Å². The van der Waals surface area contributed by atoms with E-state index in [1.165, 1.54) is 19.3 Å². The number of hydrogen-bond donors (Lipinski definition) is 2. The summed E-state index contributed by atoms with van der Waals surface area (Å²) in [6, 6.07) is 5.81. The molecule has 1 aliphatic rings. The van der Waals surface area contributed by atoms with Crippen LogP contribution in [0.4, 0.5) is 5.69 Å². The van der Waals surface area contributed by atoms with Crippen LogP contribution in [0.5, 0.6) is 5.75 Å². The summed E-state index contributed by atoms with van der Waals surface area (Å²) in [6.45, 7) is 4.19. The molecule has 0 aliphatic heterocycles. The van der Waals surface area contributed by atoms with Crippen molar-refractivity contribution in [1.29, 1.82) is 0 Å². The van der Waals surface area contributed by atoms with E-state index in [1.807, 2.05) is 18.2 Å². The van der Waals surface area contributed by atoms with Crippen LogP contribution in [0.2, 0.25) is 0 Å². The van der Waals surface area contributed by atoms with E-state index in [4.69, 9.17) is 10.5 Å². The number of nitrogens with two attached hydrogens (primary N) is 1. The number of nitrogens with one attached hydrogen (secondary N) is 1. The molecule has 2 rings (SSSR count). The third-order valence-corrected chi connectivity index (χ3v) is 3.87. The number of rotatable bonds is 6. The Hall–Kier alpha value is -1.22. The monoisotopic (exact) mass is 234 g/mol. The molecule has 0 spiro atoms. The van der Waals surface area contributed by atoms with Gasteiger partial charge in [-0.15, -0.1) is 0 Å². The van der Waals surface area contributed by atoms with Crippen molar-refractivity contribution in [3.8, 4) is 5.75 Å². The van der Waals surface area contributed by atoms with E-state index in [1.54, 1.807) is 7.11 Å². The van der Waals surface area contributed by atoms with Crippen LogP contribution in [0.3, 0.4) is 0 Å². The summed E-state index contributed by atoms with van der Waals surface area (Å²) in [6.07, 6.45) is 4.00. The average Bonchev–Trinajstić information content (AvgIpc) is 3.12. The van der Waals surface area contributed by atoms with Gasteiger partial charge in [-0.25, -0.2) is 0 Å². The van der Waals surface area contributed by atoms with Gasteiger partial charge in [-0.2, -0.15) is 0 Å². The quantitative estimate of drug-likeness (QED) is 0.744. The molecule has 0 saturated heterocycles. The standard InChI is InChI=1S/C14H22N2O/c1-3-14(6-7-14)10-16-9-11-8-12(17-2)4-5-13(11)15/h4-5,8,16H,3,6-7,9-10,15H2,1-2H3. The zero-order valence-corrected chi connectivity index (χ0v) is 10.8. The summed E-state index contributed by atoms with van der Waals surface area (Å²) < 4.78 is 5.21. The predicted molar refractivity (Wildman–Crippen MR) is 71.1 cm³/mol. The second-order valence-electron chi connectivity index (χ2n) is 5.02. The Morgan fingerprint density at radius 1 is 1.41 bits per heavy atom. The van der Waals surface area contributed by atoms with Crippen molar-refractivity contribution in [2.24, 2.45) is 5.41 Å². The van der Waals surface area contributed by atoms with Crippen LogP contribution >= 0.6 is 0 Å². The first-order valence-corrected chi connectivity index (χ1v) is 6.32. The highest BCUT2D eigenvalue weighted by atomic mass is 16.5. The van der Waals surface area contributed by atoms with Crippen molar-refractivity contribution in [3.63, 3.8) is 0 Å². The van der Waals surface area contributed by atoms with E-state index in [-0.39, 0.29) is 0 Å². The summed E-state index contributed by atoms with van der Waals surface area (Å²) in [4.78, 5) is 0. The number of benzene rings is 1. The van der Waals surface area contributed by atoms with Gasteiger partial charge in [0.25, 0.3) is 0 Å². The summed E-state index contributed by atoms with van der Waals surface area (Å²) in [5.74, 6) is 0.868. The molecule has 0 amide bonds. The first-order chi connectivity index (χ1) is 8.19. The molecule has 0 heterocycles. The van der Waals surface area contributed by atoms with Crippen LogP contribution in [-0.2, 0) is 6.54 Å². The van der Waals surface area contributed by atoms with Gasteiger partial charge in [-0.3, -0.25) is 0 Å². The van der Waals surface area contributed by atoms with Crippen molar-refractivity contribution >= 4 is 5.69 Å². The normalized spacial score (nSPS) is 16.8. The van der Waals surface area contributed by atoms with Crippen molar-refractivity contribution in [1.82, 2.24) is 5.32 Å². The summed E-state index contributed by atoms with van der Waals surface area (Å²) in [7, 11) is 1.68. The highest BCUT2D eigenvalue weighted by Crippen LogP contribution is 2.47. The zero-order chi connectivity index (χ0) is 12.3. The molecule has 3 N–H and O–H groups in total. The lowest BCUT2D eigenvalue weighted by molar-refractivity contribution is 0.413. The van der Waals surface area contributed by atoms with Crippen LogP contribution in [0.25, 0.3) is 0 Å². The highest BCUT2D eigenvalue weighted by Gasteiger charge is 2.39. The molecule has 1 aromatic rings. The fraction of sp³-hybridized carbons (Fsp3) is 0.571. The topological polar surface area (TPSA) is 47.3 Å². The largest absolute Gasteiger partial charge is 0.497 e. The fourth-order valence-corrected chi connectivity index (χ4v) is 2.16. The Labute approximate surface area is 103 Å². The van der Waals surface area contributed by atoms with E-state index in [0.717, 1.165) is 30.1 Å². The molecule has 0 aromatic heterocycles. The number of hydrogen-bond acceptors (Lipinski definition) is 3. The molecule has 1 aliphatic carbocycles. The number of methoxy groups -OCH3 is 1. The Morgan fingerprint density at radius 2 is 2.18 bits per heavy atom. The first kappa shape index (κ1) is 12.2. The van der Waals surface area contributed by atoms with Crippen LogP contribution in [0.15, 0.2) is 18.2 Å². The maximum Gasteiger partial charge on any atom is 0.119 e. The molecule has 3 heteroatoms. The third-order valence-electron chi connectivity index (χ3n) is 3.87. The van der Waals surface area contributed by atoms with Gasteiger partial charge in [0.05, 0.1) is 7.11 Å². The van der Waals surface area contributed by atoms with Crippen LogP contribution in [-0.4, -0.2) is 13.7 Å². The molecule has 0 unspecified atom stereocenters. The third kappa shape index (κ3) is 2.91. The van der Waals surface area contributed by atoms with Gasteiger partial charge >= 0.3 is 0 Å². The molecule has 1 aromatic carbocycles. The van der Waals surface area contributed by atoms with Crippen molar-refractivity contribution in [2.75, 3.05) is 19.4 Å². The van der Waals surface area contributed by atoms with Crippen LogP contribution in [0, 0.1) is 5.41 Å². The van der Waals surface area contributed by atoms with E-state index >= 15 is 0 Å². The zero-order valence-electron chi connectivity index (χ0n) is 10.8. The van der Waals surface area contributed by atoms with E-state index in [2.05, 4.69) is 12.2 Å². The van der Waals surface area contributed by atoms with Gasteiger partial charge in [0, 0.05) is 18.8 Å². The second kappa shape index (κ2) is 4.96. The van der Waals surface area contributed by atoms with Crippen molar-refractivity contribution in [3.05, 3.63) is 23.8 Å². The molecule has 0 atom stereocenters.